The molecule has 0 radical (unpaired) electrons. The first kappa shape index (κ1) is 13.4. The minimum Gasteiger partial charge on any atom is -0.395 e. The molecule has 4 heteroatoms. The fourth-order valence-corrected chi connectivity index (χ4v) is 2.53. The van der Waals surface area contributed by atoms with Crippen molar-refractivity contribution in [2.24, 2.45) is 0 Å². The molecule has 18 heavy (non-hydrogen) atoms. The van der Waals surface area contributed by atoms with Crippen LogP contribution in [0.2, 0.25) is 0 Å². The van der Waals surface area contributed by atoms with Crippen LogP contribution in [-0.2, 0) is 6.42 Å². The lowest BCUT2D eigenvalue weighted by Gasteiger charge is -2.34. The van der Waals surface area contributed by atoms with Gasteiger partial charge in [-0.25, -0.2) is 8.78 Å². The van der Waals surface area contributed by atoms with E-state index in [0.29, 0.717) is 6.42 Å². The van der Waals surface area contributed by atoms with E-state index in [1.807, 2.05) is 0 Å². The zero-order chi connectivity index (χ0) is 13.0. The van der Waals surface area contributed by atoms with Crippen molar-refractivity contribution in [1.82, 2.24) is 4.90 Å². The standard InChI is InChI=1S/C14H19F2NO/c15-13-5-4-11(9-14(13)16)6-8-17-7-2-1-3-12(17)10-18/h4-5,9,12,18H,1-3,6-8,10H2/t12-/m1/s1. The lowest BCUT2D eigenvalue weighted by molar-refractivity contribution is 0.0913. The molecule has 0 aromatic heterocycles. The summed E-state index contributed by atoms with van der Waals surface area (Å²) in [5.74, 6) is -1.59. The van der Waals surface area contributed by atoms with Crippen molar-refractivity contribution in [1.29, 1.82) is 0 Å². The van der Waals surface area contributed by atoms with Gasteiger partial charge in [-0.15, -0.1) is 0 Å². The van der Waals surface area contributed by atoms with Crippen LogP contribution in [0.25, 0.3) is 0 Å². The van der Waals surface area contributed by atoms with Gasteiger partial charge in [0.2, 0.25) is 0 Å². The second-order valence-corrected chi connectivity index (χ2v) is 4.87. The smallest absolute Gasteiger partial charge is 0.159 e. The zero-order valence-electron chi connectivity index (χ0n) is 10.4. The minimum atomic E-state index is -0.801. The number of aliphatic hydroxyl groups excluding tert-OH is 1. The molecule has 2 nitrogen and oxygen atoms in total. The molecule has 0 spiro atoms. The zero-order valence-corrected chi connectivity index (χ0v) is 10.4. The molecule has 1 N–H and O–H groups in total. The quantitative estimate of drug-likeness (QED) is 0.892. The van der Waals surface area contributed by atoms with Gasteiger partial charge in [-0.2, -0.15) is 0 Å². The summed E-state index contributed by atoms with van der Waals surface area (Å²) in [6, 6.07) is 4.28. The molecular weight excluding hydrogens is 236 g/mol. The third kappa shape index (κ3) is 3.27. The summed E-state index contributed by atoms with van der Waals surface area (Å²) in [7, 11) is 0. The Balaban J connectivity index is 1.91. The Morgan fingerprint density at radius 2 is 2.06 bits per heavy atom. The highest BCUT2D eigenvalue weighted by molar-refractivity contribution is 5.18. The summed E-state index contributed by atoms with van der Waals surface area (Å²) in [4.78, 5) is 2.24. The van der Waals surface area contributed by atoms with Crippen LogP contribution in [0.1, 0.15) is 24.8 Å². The van der Waals surface area contributed by atoms with E-state index < -0.39 is 11.6 Å². The highest BCUT2D eigenvalue weighted by Gasteiger charge is 2.20. The van der Waals surface area contributed by atoms with Crippen LogP contribution < -0.4 is 0 Å². The van der Waals surface area contributed by atoms with Crippen LogP contribution in [0.3, 0.4) is 0 Å². The maximum absolute atomic E-state index is 13.1. The van der Waals surface area contributed by atoms with Crippen LogP contribution in [0, 0.1) is 11.6 Å². The van der Waals surface area contributed by atoms with Gasteiger partial charge in [-0.3, -0.25) is 4.90 Å². The molecule has 0 amide bonds. The first-order valence-corrected chi connectivity index (χ1v) is 6.49. The molecule has 1 aliphatic rings. The summed E-state index contributed by atoms with van der Waals surface area (Å²) in [5, 5.41) is 9.29. The molecule has 0 aliphatic carbocycles. The van der Waals surface area contributed by atoms with Crippen LogP contribution in [0.15, 0.2) is 18.2 Å². The van der Waals surface area contributed by atoms with Crippen molar-refractivity contribution < 1.29 is 13.9 Å². The summed E-state index contributed by atoms with van der Waals surface area (Å²) in [5.41, 5.74) is 0.802. The van der Waals surface area contributed by atoms with E-state index in [9.17, 15) is 13.9 Å². The number of piperidine rings is 1. The number of benzene rings is 1. The number of likely N-dealkylation sites (tertiary alicyclic amines) is 1. The third-order valence-corrected chi connectivity index (χ3v) is 3.63. The SMILES string of the molecule is OC[C@H]1CCCCN1CCc1ccc(F)c(F)c1. The molecule has 0 bridgehead atoms. The maximum Gasteiger partial charge on any atom is 0.159 e. The largest absolute Gasteiger partial charge is 0.395 e. The number of hydrogen-bond acceptors (Lipinski definition) is 2. The van der Waals surface area contributed by atoms with E-state index in [2.05, 4.69) is 4.90 Å². The molecule has 2 rings (SSSR count). The first-order chi connectivity index (χ1) is 8.70. The molecular formula is C14H19F2NO. The number of aliphatic hydroxyl groups is 1. The van der Waals surface area contributed by atoms with Gasteiger partial charge in [0.05, 0.1) is 6.61 Å². The van der Waals surface area contributed by atoms with Gasteiger partial charge in [0.15, 0.2) is 11.6 Å². The van der Waals surface area contributed by atoms with Crippen LogP contribution in [-0.4, -0.2) is 35.7 Å². The maximum atomic E-state index is 13.1. The van der Waals surface area contributed by atoms with E-state index in [0.717, 1.165) is 37.9 Å². The summed E-state index contributed by atoms with van der Waals surface area (Å²) in [6.07, 6.45) is 4.02. The molecule has 1 aromatic rings. The predicted molar refractivity (Wildman–Crippen MR) is 66.4 cm³/mol. The fourth-order valence-electron chi connectivity index (χ4n) is 2.53. The lowest BCUT2D eigenvalue weighted by Crippen LogP contribution is -2.42. The van der Waals surface area contributed by atoms with E-state index in [1.165, 1.54) is 12.1 Å². The molecule has 1 heterocycles. The lowest BCUT2D eigenvalue weighted by atomic mass is 10.0. The average molecular weight is 255 g/mol. The van der Waals surface area contributed by atoms with Crippen molar-refractivity contribution in [2.45, 2.75) is 31.7 Å². The van der Waals surface area contributed by atoms with Gasteiger partial charge >= 0.3 is 0 Å². The summed E-state index contributed by atoms with van der Waals surface area (Å²) < 4.78 is 25.9. The van der Waals surface area contributed by atoms with Crippen molar-refractivity contribution in [3.05, 3.63) is 35.4 Å². The van der Waals surface area contributed by atoms with Gasteiger partial charge < -0.3 is 5.11 Å². The van der Waals surface area contributed by atoms with Crippen molar-refractivity contribution in [3.63, 3.8) is 0 Å². The Morgan fingerprint density at radius 3 is 2.78 bits per heavy atom. The molecule has 1 aromatic carbocycles. The van der Waals surface area contributed by atoms with Gasteiger partial charge in [0, 0.05) is 12.6 Å². The van der Waals surface area contributed by atoms with Crippen molar-refractivity contribution >= 4 is 0 Å². The normalized spacial score (nSPS) is 21.2. The van der Waals surface area contributed by atoms with Gasteiger partial charge in [0.1, 0.15) is 0 Å². The van der Waals surface area contributed by atoms with Crippen LogP contribution in [0.4, 0.5) is 8.78 Å². The molecule has 0 saturated carbocycles. The second-order valence-electron chi connectivity index (χ2n) is 4.87. The second kappa shape index (κ2) is 6.25. The Labute approximate surface area is 106 Å². The molecule has 1 fully saturated rings. The monoisotopic (exact) mass is 255 g/mol. The molecule has 1 aliphatic heterocycles. The molecule has 1 saturated heterocycles. The van der Waals surface area contributed by atoms with Gasteiger partial charge in [0.25, 0.3) is 0 Å². The number of nitrogens with zero attached hydrogens (tertiary/aromatic N) is 1. The molecule has 100 valence electrons. The van der Waals surface area contributed by atoms with Crippen LogP contribution in [0.5, 0.6) is 0 Å². The Bertz CT molecular complexity index is 397. The fraction of sp³-hybridized carbons (Fsp3) is 0.571. The molecule has 0 unspecified atom stereocenters. The minimum absolute atomic E-state index is 0.178. The van der Waals surface area contributed by atoms with E-state index in [-0.39, 0.29) is 12.6 Å². The molecule has 1 atom stereocenters. The highest BCUT2D eigenvalue weighted by Crippen LogP contribution is 2.17. The van der Waals surface area contributed by atoms with Gasteiger partial charge in [-0.05, 0) is 43.5 Å². The Kier molecular flexibility index (Phi) is 4.66. The first-order valence-electron chi connectivity index (χ1n) is 6.49. The third-order valence-electron chi connectivity index (χ3n) is 3.63. The number of rotatable bonds is 4. The number of halogens is 2. The van der Waals surface area contributed by atoms with E-state index in [1.54, 1.807) is 6.07 Å². The predicted octanol–water partition coefficient (Wildman–Crippen LogP) is 2.35. The number of hydrogen-bond donors (Lipinski definition) is 1. The van der Waals surface area contributed by atoms with Crippen molar-refractivity contribution in [2.75, 3.05) is 19.7 Å². The topological polar surface area (TPSA) is 23.5 Å². The average Bonchev–Trinajstić information content (AvgIpc) is 2.40. The summed E-state index contributed by atoms with van der Waals surface area (Å²) >= 11 is 0. The highest BCUT2D eigenvalue weighted by atomic mass is 19.2. The Hall–Kier alpha value is -1.00. The van der Waals surface area contributed by atoms with E-state index >= 15 is 0 Å². The summed E-state index contributed by atoms with van der Waals surface area (Å²) in [6.45, 7) is 1.95. The Morgan fingerprint density at radius 1 is 1.22 bits per heavy atom. The van der Waals surface area contributed by atoms with E-state index in [4.69, 9.17) is 0 Å². The van der Waals surface area contributed by atoms with Crippen molar-refractivity contribution in [3.8, 4) is 0 Å². The van der Waals surface area contributed by atoms with Gasteiger partial charge in [-0.1, -0.05) is 12.5 Å². The van der Waals surface area contributed by atoms with Crippen LogP contribution >= 0.6 is 0 Å².